The summed E-state index contributed by atoms with van der Waals surface area (Å²) < 4.78 is 36.1. The molecule has 11 heteroatoms. The Labute approximate surface area is 207 Å². The molecule has 2 aromatic carbocycles. The molecule has 1 aromatic heterocycles. The van der Waals surface area contributed by atoms with E-state index in [2.05, 4.69) is 6.58 Å². The van der Waals surface area contributed by atoms with Crippen LogP contribution in [-0.4, -0.2) is 53.9 Å². The van der Waals surface area contributed by atoms with Crippen LogP contribution in [0.1, 0.15) is 15.9 Å². The highest BCUT2D eigenvalue weighted by Gasteiger charge is 2.38. The second-order valence-corrected chi connectivity index (χ2v) is 9.56. The first-order valence-electron chi connectivity index (χ1n) is 10.5. The summed E-state index contributed by atoms with van der Waals surface area (Å²) in [6.07, 6.45) is 1.21. The Morgan fingerprint density at radius 3 is 2.80 bits per heavy atom. The van der Waals surface area contributed by atoms with Crippen LogP contribution in [0.2, 0.25) is 5.02 Å². The summed E-state index contributed by atoms with van der Waals surface area (Å²) in [5.41, 5.74) is 5.92. The van der Waals surface area contributed by atoms with Gasteiger partial charge in [0, 0.05) is 30.6 Å². The van der Waals surface area contributed by atoms with E-state index in [9.17, 15) is 19.2 Å². The van der Waals surface area contributed by atoms with E-state index in [1.54, 1.807) is 4.90 Å². The van der Waals surface area contributed by atoms with Gasteiger partial charge in [-0.15, -0.1) is 11.3 Å². The number of halogens is 3. The quantitative estimate of drug-likeness (QED) is 0.517. The van der Waals surface area contributed by atoms with E-state index in [1.165, 1.54) is 17.0 Å². The number of fused-ring (bicyclic) bond motifs is 3. The van der Waals surface area contributed by atoms with Gasteiger partial charge in [0.25, 0.3) is 5.91 Å². The second-order valence-electron chi connectivity index (χ2n) is 8.13. The highest BCUT2D eigenvalue weighted by molar-refractivity contribution is 7.23. The third-order valence-corrected chi connectivity index (χ3v) is 7.64. The highest BCUT2D eigenvalue weighted by atomic mass is 35.5. The molecule has 2 aliphatic heterocycles. The van der Waals surface area contributed by atoms with Crippen molar-refractivity contribution in [2.75, 3.05) is 32.0 Å². The molecule has 3 aromatic rings. The molecule has 1 saturated heterocycles. The van der Waals surface area contributed by atoms with Crippen molar-refractivity contribution in [3.63, 3.8) is 0 Å². The number of ether oxygens (including phenoxy) is 1. The van der Waals surface area contributed by atoms with Crippen LogP contribution in [-0.2, 0) is 4.79 Å². The van der Waals surface area contributed by atoms with Crippen LogP contribution in [0.3, 0.4) is 0 Å². The summed E-state index contributed by atoms with van der Waals surface area (Å²) >= 11 is 7.51. The number of hydrogen-bond donors (Lipinski definition) is 1. The molecule has 0 spiro atoms. The average molecular weight is 515 g/mol. The Morgan fingerprint density at radius 2 is 2.09 bits per heavy atom. The molecule has 1 unspecified atom stereocenters. The van der Waals surface area contributed by atoms with Crippen molar-refractivity contribution < 1.29 is 23.1 Å². The summed E-state index contributed by atoms with van der Waals surface area (Å²) in [5, 5.41) is 9.66. The maximum atomic E-state index is 15.6. The lowest BCUT2D eigenvalue weighted by molar-refractivity contribution is -0.128. The normalized spacial score (nSPS) is 17.3. The van der Waals surface area contributed by atoms with Crippen molar-refractivity contribution in [3.05, 3.63) is 58.6 Å². The van der Waals surface area contributed by atoms with E-state index in [0.29, 0.717) is 6.54 Å². The lowest BCUT2D eigenvalue weighted by atomic mass is 9.96. The molecule has 1 fully saturated rings. The largest absolute Gasteiger partial charge is 0.489 e. The first kappa shape index (κ1) is 23.1. The molecule has 0 bridgehead atoms. The van der Waals surface area contributed by atoms with Gasteiger partial charge in [-0.1, -0.05) is 24.2 Å². The van der Waals surface area contributed by atoms with Gasteiger partial charge in [0.1, 0.15) is 29.3 Å². The lowest BCUT2D eigenvalue weighted by Crippen LogP contribution is -2.57. The first-order chi connectivity index (χ1) is 16.8. The molecule has 1 atom stereocenters. The maximum Gasteiger partial charge on any atom is 0.258 e. The zero-order valence-electron chi connectivity index (χ0n) is 18.1. The summed E-state index contributed by atoms with van der Waals surface area (Å²) in [7, 11) is 0. The highest BCUT2D eigenvalue weighted by Crippen LogP contribution is 2.47. The fourth-order valence-electron chi connectivity index (χ4n) is 4.59. The minimum absolute atomic E-state index is 0.0109. The number of rotatable bonds is 2. The fraction of sp³-hybridized carbons (Fsp3) is 0.208. The van der Waals surface area contributed by atoms with Crippen LogP contribution in [0.5, 0.6) is 5.75 Å². The van der Waals surface area contributed by atoms with Crippen molar-refractivity contribution in [2.24, 2.45) is 0 Å². The molecular formula is C24H17ClF2N4O3S. The zero-order valence-corrected chi connectivity index (χ0v) is 19.7. The summed E-state index contributed by atoms with van der Waals surface area (Å²) in [4.78, 5) is 28.5. The van der Waals surface area contributed by atoms with E-state index >= 15 is 4.39 Å². The smallest absolute Gasteiger partial charge is 0.258 e. The molecule has 35 heavy (non-hydrogen) atoms. The average Bonchev–Trinajstić information content (AvgIpc) is 3.13. The number of nitriles is 1. The standard InChI is InChI=1S/C24H17ClF2N4O3S/c1-2-17(32)30-5-6-31-11(9-30)10-34-21-13(24(31)33)7-16(27)19(20(21)25)12-3-4-15(26)22-18(12)14(8-28)23(29)35-22/h2-4,7,11H,1,5-6,9-10,29H2. The third-order valence-electron chi connectivity index (χ3n) is 6.25. The number of nitrogen functional groups attached to an aromatic ring is 1. The van der Waals surface area contributed by atoms with Crippen molar-refractivity contribution in [1.29, 1.82) is 5.26 Å². The minimum Gasteiger partial charge on any atom is -0.489 e. The molecule has 2 aliphatic rings. The van der Waals surface area contributed by atoms with Gasteiger partial charge in [-0.25, -0.2) is 8.78 Å². The van der Waals surface area contributed by atoms with Crippen molar-refractivity contribution >= 4 is 49.8 Å². The molecule has 2 N–H and O–H groups in total. The van der Waals surface area contributed by atoms with Gasteiger partial charge in [0.05, 0.1) is 26.9 Å². The lowest BCUT2D eigenvalue weighted by Gasteiger charge is -2.39. The molecule has 7 nitrogen and oxygen atoms in total. The van der Waals surface area contributed by atoms with E-state index in [-0.39, 0.29) is 73.7 Å². The number of anilines is 1. The van der Waals surface area contributed by atoms with E-state index in [1.807, 2.05) is 6.07 Å². The van der Waals surface area contributed by atoms with Gasteiger partial charge in [-0.2, -0.15) is 5.26 Å². The number of amides is 2. The van der Waals surface area contributed by atoms with Crippen LogP contribution < -0.4 is 10.5 Å². The predicted molar refractivity (Wildman–Crippen MR) is 128 cm³/mol. The Hall–Kier alpha value is -3.68. The van der Waals surface area contributed by atoms with Gasteiger partial charge < -0.3 is 20.3 Å². The molecule has 0 radical (unpaired) electrons. The van der Waals surface area contributed by atoms with Gasteiger partial charge in [0.15, 0.2) is 5.75 Å². The zero-order chi connectivity index (χ0) is 25.0. The van der Waals surface area contributed by atoms with E-state index in [4.69, 9.17) is 22.1 Å². The summed E-state index contributed by atoms with van der Waals surface area (Å²) in [5.74, 6) is -2.17. The molecule has 5 rings (SSSR count). The summed E-state index contributed by atoms with van der Waals surface area (Å²) in [6.45, 7) is 4.30. The Kier molecular flexibility index (Phi) is 5.62. The molecule has 178 valence electrons. The van der Waals surface area contributed by atoms with E-state index in [0.717, 1.165) is 23.5 Å². The number of nitrogens with zero attached hydrogens (tertiary/aromatic N) is 3. The van der Waals surface area contributed by atoms with Crippen LogP contribution in [0, 0.1) is 23.0 Å². The Morgan fingerprint density at radius 1 is 1.31 bits per heavy atom. The van der Waals surface area contributed by atoms with Crippen LogP contribution >= 0.6 is 22.9 Å². The van der Waals surface area contributed by atoms with E-state index < -0.39 is 23.6 Å². The molecule has 0 aliphatic carbocycles. The van der Waals surface area contributed by atoms with Crippen molar-refractivity contribution in [1.82, 2.24) is 9.80 Å². The van der Waals surface area contributed by atoms with Gasteiger partial charge in [0.2, 0.25) is 5.91 Å². The first-order valence-corrected chi connectivity index (χ1v) is 11.7. The third kappa shape index (κ3) is 3.50. The SMILES string of the molecule is C=CC(=O)N1CCN2C(=O)c3cc(F)c(-c4ccc(F)c5sc(N)c(C#N)c45)c(Cl)c3OCC2C1. The van der Waals surface area contributed by atoms with Crippen LogP contribution in [0.4, 0.5) is 13.8 Å². The number of benzene rings is 2. The Bertz CT molecular complexity index is 1480. The predicted octanol–water partition coefficient (Wildman–Crippen LogP) is 4.19. The number of piperazine rings is 1. The molecule has 3 heterocycles. The van der Waals surface area contributed by atoms with Gasteiger partial charge >= 0.3 is 0 Å². The van der Waals surface area contributed by atoms with Crippen LogP contribution in [0.15, 0.2) is 30.9 Å². The molecule has 2 amide bonds. The number of carbonyl (C=O) groups excluding carboxylic acids is 2. The van der Waals surface area contributed by atoms with Crippen LogP contribution in [0.25, 0.3) is 21.2 Å². The van der Waals surface area contributed by atoms with Gasteiger partial charge in [-0.3, -0.25) is 9.59 Å². The monoisotopic (exact) mass is 514 g/mol. The number of hydrogen-bond acceptors (Lipinski definition) is 6. The van der Waals surface area contributed by atoms with Gasteiger partial charge in [-0.05, 0) is 23.8 Å². The number of carbonyl (C=O) groups is 2. The topological polar surface area (TPSA) is 99.7 Å². The molecular weight excluding hydrogens is 498 g/mol. The van der Waals surface area contributed by atoms with Crippen molar-refractivity contribution in [3.8, 4) is 22.9 Å². The Balaban J connectivity index is 1.64. The fourth-order valence-corrected chi connectivity index (χ4v) is 5.88. The van der Waals surface area contributed by atoms with Crippen molar-refractivity contribution in [2.45, 2.75) is 6.04 Å². The maximum absolute atomic E-state index is 15.6. The number of nitrogens with two attached hydrogens (primary N) is 1. The molecule has 0 saturated carbocycles. The minimum atomic E-state index is -0.828. The summed E-state index contributed by atoms with van der Waals surface area (Å²) in [6, 6.07) is 4.99. The number of thiophene rings is 1. The second kappa shape index (κ2) is 8.52.